The van der Waals surface area contributed by atoms with Crippen LogP contribution in [-0.2, 0) is 4.79 Å². The van der Waals surface area contributed by atoms with Crippen LogP contribution < -0.4 is 5.32 Å². The van der Waals surface area contributed by atoms with Crippen LogP contribution in [0.4, 0.5) is 0 Å². The molecule has 1 aliphatic rings. The van der Waals surface area contributed by atoms with Gasteiger partial charge in [-0.1, -0.05) is 23.7 Å². The van der Waals surface area contributed by atoms with E-state index in [1.54, 1.807) is 6.92 Å². The van der Waals surface area contributed by atoms with Gasteiger partial charge >= 0.3 is 0 Å². The lowest BCUT2D eigenvalue weighted by atomic mass is 10.1. The molecule has 0 spiro atoms. The average molecular weight is 254 g/mol. The minimum atomic E-state index is -0.172. The summed E-state index contributed by atoms with van der Waals surface area (Å²) in [6.07, 6.45) is 0.881. The van der Waals surface area contributed by atoms with E-state index in [0.717, 1.165) is 12.0 Å². The Hall–Kier alpha value is -1.06. The van der Waals surface area contributed by atoms with E-state index in [1.807, 2.05) is 24.3 Å². The number of hydrogen-bond donors (Lipinski definition) is 2. The van der Waals surface area contributed by atoms with E-state index in [4.69, 9.17) is 16.7 Å². The van der Waals surface area contributed by atoms with Crippen molar-refractivity contribution in [3.05, 3.63) is 34.9 Å². The predicted molar refractivity (Wildman–Crippen MR) is 67.0 cm³/mol. The third-order valence-corrected chi connectivity index (χ3v) is 3.34. The molecule has 1 aliphatic carbocycles. The topological polar surface area (TPSA) is 49.3 Å². The maximum atomic E-state index is 11.8. The van der Waals surface area contributed by atoms with Crippen molar-refractivity contribution in [2.75, 3.05) is 6.61 Å². The molecule has 1 fully saturated rings. The van der Waals surface area contributed by atoms with Gasteiger partial charge < -0.3 is 10.4 Å². The summed E-state index contributed by atoms with van der Waals surface area (Å²) >= 11 is 5.82. The highest BCUT2D eigenvalue weighted by atomic mass is 35.5. The Bertz CT molecular complexity index is 404. The summed E-state index contributed by atoms with van der Waals surface area (Å²) in [7, 11) is 0. The van der Waals surface area contributed by atoms with Crippen LogP contribution in [0.15, 0.2) is 24.3 Å². The van der Waals surface area contributed by atoms with Crippen LogP contribution in [0.2, 0.25) is 5.02 Å². The molecule has 3 nitrogen and oxygen atoms in total. The number of aliphatic hydroxyl groups is 1. The van der Waals surface area contributed by atoms with Gasteiger partial charge in [0.1, 0.15) is 0 Å². The fourth-order valence-electron chi connectivity index (χ4n) is 1.96. The summed E-state index contributed by atoms with van der Waals surface area (Å²) in [6.45, 7) is 1.77. The van der Waals surface area contributed by atoms with E-state index in [1.165, 1.54) is 0 Å². The number of rotatable bonds is 4. The number of nitrogens with one attached hydrogen (secondary N) is 1. The summed E-state index contributed by atoms with van der Waals surface area (Å²) in [6, 6.07) is 7.46. The smallest absolute Gasteiger partial charge is 0.224 e. The van der Waals surface area contributed by atoms with E-state index in [0.29, 0.717) is 10.9 Å². The molecule has 0 bridgehead atoms. The lowest BCUT2D eigenvalue weighted by Crippen LogP contribution is -2.36. The fraction of sp³-hybridized carbons (Fsp3) is 0.462. The zero-order valence-corrected chi connectivity index (χ0v) is 10.4. The Labute approximate surface area is 106 Å². The zero-order valence-electron chi connectivity index (χ0n) is 9.69. The van der Waals surface area contributed by atoms with Crippen molar-refractivity contribution in [1.82, 2.24) is 5.32 Å². The van der Waals surface area contributed by atoms with E-state index >= 15 is 0 Å². The summed E-state index contributed by atoms with van der Waals surface area (Å²) < 4.78 is 0. The Kier molecular flexibility index (Phi) is 3.69. The highest BCUT2D eigenvalue weighted by molar-refractivity contribution is 6.30. The average Bonchev–Trinajstić information content (AvgIpc) is 3.10. The first-order valence-electron chi connectivity index (χ1n) is 5.78. The van der Waals surface area contributed by atoms with E-state index in [9.17, 15) is 4.79 Å². The van der Waals surface area contributed by atoms with E-state index in [2.05, 4.69) is 5.32 Å². The summed E-state index contributed by atoms with van der Waals surface area (Å²) in [5.41, 5.74) is 1.16. The highest BCUT2D eigenvalue weighted by Gasteiger charge is 2.43. The first-order chi connectivity index (χ1) is 8.11. The first kappa shape index (κ1) is 12.4. The largest absolute Gasteiger partial charge is 0.394 e. The SMILES string of the molecule is CC(CO)NC(=O)C1CC1c1ccc(Cl)cc1. The van der Waals surface area contributed by atoms with Crippen molar-refractivity contribution in [2.45, 2.75) is 25.3 Å². The molecule has 4 heteroatoms. The summed E-state index contributed by atoms with van der Waals surface area (Å²) in [4.78, 5) is 11.8. The van der Waals surface area contributed by atoms with Crippen LogP contribution in [-0.4, -0.2) is 23.7 Å². The number of carbonyl (C=O) groups is 1. The maximum Gasteiger partial charge on any atom is 0.224 e. The number of benzene rings is 1. The second-order valence-corrected chi connectivity index (χ2v) is 5.03. The standard InChI is InChI=1S/C13H16ClNO2/c1-8(7-16)15-13(17)12-6-11(12)9-2-4-10(14)5-3-9/h2-5,8,11-12,16H,6-7H2,1H3,(H,15,17). The van der Waals surface area contributed by atoms with Gasteiger partial charge in [-0.2, -0.15) is 0 Å². The fourth-order valence-corrected chi connectivity index (χ4v) is 2.08. The maximum absolute atomic E-state index is 11.8. The quantitative estimate of drug-likeness (QED) is 0.862. The molecule has 3 atom stereocenters. The minimum Gasteiger partial charge on any atom is -0.394 e. The van der Waals surface area contributed by atoms with Crippen LogP contribution in [0.1, 0.15) is 24.8 Å². The van der Waals surface area contributed by atoms with E-state index in [-0.39, 0.29) is 24.5 Å². The molecule has 17 heavy (non-hydrogen) atoms. The Morgan fingerprint density at radius 2 is 2.18 bits per heavy atom. The monoisotopic (exact) mass is 253 g/mol. The van der Waals surface area contributed by atoms with Crippen molar-refractivity contribution in [2.24, 2.45) is 5.92 Å². The van der Waals surface area contributed by atoms with Gasteiger partial charge in [-0.05, 0) is 37.0 Å². The molecule has 3 unspecified atom stereocenters. The van der Waals surface area contributed by atoms with E-state index < -0.39 is 0 Å². The van der Waals surface area contributed by atoms with Gasteiger partial charge in [-0.25, -0.2) is 0 Å². The molecule has 0 aromatic heterocycles. The molecule has 1 aromatic carbocycles. The van der Waals surface area contributed by atoms with Gasteiger partial charge in [0.25, 0.3) is 0 Å². The van der Waals surface area contributed by atoms with Gasteiger partial charge in [0.15, 0.2) is 0 Å². The van der Waals surface area contributed by atoms with Crippen LogP contribution in [0.5, 0.6) is 0 Å². The molecule has 2 N–H and O–H groups in total. The van der Waals surface area contributed by atoms with Crippen molar-refractivity contribution >= 4 is 17.5 Å². The van der Waals surface area contributed by atoms with Crippen molar-refractivity contribution < 1.29 is 9.90 Å². The lowest BCUT2D eigenvalue weighted by Gasteiger charge is -2.10. The van der Waals surface area contributed by atoms with Gasteiger partial charge in [-0.15, -0.1) is 0 Å². The van der Waals surface area contributed by atoms with Crippen LogP contribution in [0.3, 0.4) is 0 Å². The minimum absolute atomic E-state index is 0.0237. The third kappa shape index (κ3) is 2.99. The number of hydrogen-bond acceptors (Lipinski definition) is 2. The van der Waals surface area contributed by atoms with Crippen molar-refractivity contribution in [1.29, 1.82) is 0 Å². The molecular weight excluding hydrogens is 238 g/mol. The first-order valence-corrected chi connectivity index (χ1v) is 6.16. The van der Waals surface area contributed by atoms with Gasteiger partial charge in [0.05, 0.1) is 6.61 Å². The molecule has 92 valence electrons. The molecule has 0 heterocycles. The van der Waals surface area contributed by atoms with Gasteiger partial charge in [-0.3, -0.25) is 4.79 Å². The number of carbonyl (C=O) groups excluding carboxylic acids is 1. The van der Waals surface area contributed by atoms with Crippen LogP contribution >= 0.6 is 11.6 Å². The second kappa shape index (κ2) is 5.07. The predicted octanol–water partition coefficient (Wildman–Crippen LogP) is 1.94. The molecule has 0 aliphatic heterocycles. The molecule has 0 radical (unpaired) electrons. The van der Waals surface area contributed by atoms with Crippen molar-refractivity contribution in [3.63, 3.8) is 0 Å². The summed E-state index contributed by atoms with van der Waals surface area (Å²) in [5, 5.41) is 12.4. The number of amides is 1. The highest BCUT2D eigenvalue weighted by Crippen LogP contribution is 2.47. The second-order valence-electron chi connectivity index (χ2n) is 4.59. The van der Waals surface area contributed by atoms with Crippen molar-refractivity contribution in [3.8, 4) is 0 Å². The molecule has 1 saturated carbocycles. The summed E-state index contributed by atoms with van der Waals surface area (Å²) in [5.74, 6) is 0.384. The molecule has 2 rings (SSSR count). The Balaban J connectivity index is 1.92. The molecular formula is C13H16ClNO2. The van der Waals surface area contributed by atoms with Gasteiger partial charge in [0.2, 0.25) is 5.91 Å². The third-order valence-electron chi connectivity index (χ3n) is 3.09. The Morgan fingerprint density at radius 1 is 1.53 bits per heavy atom. The van der Waals surface area contributed by atoms with Crippen LogP contribution in [0, 0.1) is 5.92 Å². The number of aliphatic hydroxyl groups excluding tert-OH is 1. The number of halogens is 1. The zero-order chi connectivity index (χ0) is 12.4. The Morgan fingerprint density at radius 3 is 2.76 bits per heavy atom. The lowest BCUT2D eigenvalue weighted by molar-refractivity contribution is -0.123. The van der Waals surface area contributed by atoms with Crippen LogP contribution in [0.25, 0.3) is 0 Å². The molecule has 1 amide bonds. The normalized spacial score (nSPS) is 24.2. The molecule has 1 aromatic rings. The van der Waals surface area contributed by atoms with Gasteiger partial charge in [0, 0.05) is 17.0 Å². The molecule has 0 saturated heterocycles.